The highest BCUT2D eigenvalue weighted by atomic mass is 127. The lowest BCUT2D eigenvalue weighted by Gasteiger charge is -2.16. The van der Waals surface area contributed by atoms with Crippen molar-refractivity contribution in [3.63, 3.8) is 0 Å². The summed E-state index contributed by atoms with van der Waals surface area (Å²) in [6.07, 6.45) is -0.716. The highest BCUT2D eigenvalue weighted by Crippen LogP contribution is 2.28. The fourth-order valence-electron chi connectivity index (χ4n) is 1.93. The van der Waals surface area contributed by atoms with Crippen LogP contribution in [-0.4, -0.2) is 11.2 Å². The molecule has 0 fully saturated rings. The molecule has 0 saturated heterocycles. The highest BCUT2D eigenvalue weighted by molar-refractivity contribution is 14.1. The van der Waals surface area contributed by atoms with Crippen LogP contribution in [0.5, 0.6) is 5.75 Å². The Hall–Kier alpha value is -1.14. The largest absolute Gasteiger partial charge is 0.491 e. The second-order valence-corrected chi connectivity index (χ2v) is 5.97. The van der Waals surface area contributed by atoms with Crippen molar-refractivity contribution in [2.75, 3.05) is 0 Å². The van der Waals surface area contributed by atoms with Gasteiger partial charge in [-0.15, -0.1) is 0 Å². The van der Waals surface area contributed by atoms with E-state index in [1.54, 1.807) is 6.07 Å². The van der Waals surface area contributed by atoms with E-state index in [0.717, 1.165) is 5.56 Å². The number of hydrogen-bond donors (Lipinski definition) is 1. The van der Waals surface area contributed by atoms with Gasteiger partial charge in [0.05, 0.1) is 6.10 Å². The Morgan fingerprint density at radius 1 is 1.15 bits per heavy atom. The van der Waals surface area contributed by atoms with Crippen LogP contribution in [0.4, 0.5) is 4.39 Å². The first kappa shape index (κ1) is 15.3. The van der Waals surface area contributed by atoms with Crippen LogP contribution in [0.2, 0.25) is 0 Å². The first-order chi connectivity index (χ1) is 9.47. The maximum atomic E-state index is 13.1. The average Bonchev–Trinajstić information content (AvgIpc) is 2.37. The number of aliphatic hydroxyl groups excluding tert-OH is 1. The van der Waals surface area contributed by atoms with E-state index in [2.05, 4.69) is 0 Å². The Kier molecular flexibility index (Phi) is 4.99. The molecule has 4 heteroatoms. The topological polar surface area (TPSA) is 29.5 Å². The van der Waals surface area contributed by atoms with E-state index in [-0.39, 0.29) is 11.9 Å². The van der Waals surface area contributed by atoms with Crippen LogP contribution >= 0.6 is 22.6 Å². The normalized spacial score (nSPS) is 12.5. The summed E-state index contributed by atoms with van der Waals surface area (Å²) in [4.78, 5) is 0. The Morgan fingerprint density at radius 3 is 2.55 bits per heavy atom. The summed E-state index contributed by atoms with van der Waals surface area (Å²) in [5.41, 5.74) is 1.42. The molecule has 0 aliphatic carbocycles. The summed E-state index contributed by atoms with van der Waals surface area (Å²) in [7, 11) is 0. The highest BCUT2D eigenvalue weighted by Gasteiger charge is 2.15. The second-order valence-electron chi connectivity index (χ2n) is 4.81. The molecule has 2 aromatic rings. The molecule has 1 atom stereocenters. The van der Waals surface area contributed by atoms with Crippen molar-refractivity contribution in [3.8, 4) is 5.75 Å². The molecular weight excluding hydrogens is 370 g/mol. The number of hydrogen-bond acceptors (Lipinski definition) is 2. The molecule has 0 heterocycles. The van der Waals surface area contributed by atoms with Gasteiger partial charge in [-0.1, -0.05) is 18.2 Å². The van der Waals surface area contributed by atoms with Gasteiger partial charge in [0.15, 0.2) is 0 Å². The van der Waals surface area contributed by atoms with E-state index in [1.807, 2.05) is 60.7 Å². The molecule has 1 unspecified atom stereocenters. The first-order valence-corrected chi connectivity index (χ1v) is 7.45. The molecule has 0 aliphatic rings. The Labute approximate surface area is 131 Å². The third kappa shape index (κ3) is 3.70. The van der Waals surface area contributed by atoms with Crippen LogP contribution in [0, 0.1) is 9.39 Å². The number of ether oxygens (including phenoxy) is 1. The standard InChI is InChI=1S/C16H16FIO2/c1-10(2)20-13-5-3-4-11(8-13)16(19)14-7-6-12(17)9-15(14)18/h3-10,16,19H,1-2H3. The lowest BCUT2D eigenvalue weighted by molar-refractivity contribution is 0.215. The van der Waals surface area contributed by atoms with Crippen LogP contribution in [0.25, 0.3) is 0 Å². The molecule has 0 radical (unpaired) electrons. The van der Waals surface area contributed by atoms with Crippen molar-refractivity contribution in [3.05, 3.63) is 63.0 Å². The van der Waals surface area contributed by atoms with Gasteiger partial charge in [0.25, 0.3) is 0 Å². The predicted molar refractivity (Wildman–Crippen MR) is 85.4 cm³/mol. The minimum absolute atomic E-state index is 0.0772. The number of benzene rings is 2. The van der Waals surface area contributed by atoms with Gasteiger partial charge in [0, 0.05) is 3.57 Å². The zero-order chi connectivity index (χ0) is 14.7. The van der Waals surface area contributed by atoms with E-state index in [9.17, 15) is 9.50 Å². The van der Waals surface area contributed by atoms with Gasteiger partial charge < -0.3 is 9.84 Å². The van der Waals surface area contributed by atoms with Crippen LogP contribution < -0.4 is 4.74 Å². The molecule has 106 valence electrons. The summed E-state index contributed by atoms with van der Waals surface area (Å²) in [6, 6.07) is 11.7. The summed E-state index contributed by atoms with van der Waals surface area (Å²) in [5, 5.41) is 10.4. The lowest BCUT2D eigenvalue weighted by atomic mass is 10.0. The summed E-state index contributed by atoms with van der Waals surface area (Å²) < 4.78 is 19.4. The van der Waals surface area contributed by atoms with Crippen molar-refractivity contribution < 1.29 is 14.2 Å². The molecule has 0 amide bonds. The first-order valence-electron chi connectivity index (χ1n) is 6.37. The van der Waals surface area contributed by atoms with Gasteiger partial charge in [-0.05, 0) is 71.8 Å². The van der Waals surface area contributed by atoms with Crippen molar-refractivity contribution in [1.29, 1.82) is 0 Å². The van der Waals surface area contributed by atoms with E-state index in [1.165, 1.54) is 12.1 Å². The van der Waals surface area contributed by atoms with E-state index >= 15 is 0 Å². The molecule has 0 aromatic heterocycles. The molecule has 0 saturated carbocycles. The van der Waals surface area contributed by atoms with Gasteiger partial charge in [-0.25, -0.2) is 4.39 Å². The molecule has 2 aromatic carbocycles. The van der Waals surface area contributed by atoms with Crippen LogP contribution in [0.15, 0.2) is 42.5 Å². The third-order valence-electron chi connectivity index (χ3n) is 2.80. The summed E-state index contributed by atoms with van der Waals surface area (Å²) >= 11 is 2.03. The zero-order valence-corrected chi connectivity index (χ0v) is 13.5. The smallest absolute Gasteiger partial charge is 0.124 e. The molecule has 0 spiro atoms. The predicted octanol–water partition coefficient (Wildman–Crippen LogP) is 4.30. The average molecular weight is 386 g/mol. The summed E-state index contributed by atoms with van der Waals surface area (Å²) in [6.45, 7) is 3.90. The minimum Gasteiger partial charge on any atom is -0.491 e. The molecule has 2 rings (SSSR count). The fourth-order valence-corrected chi connectivity index (χ4v) is 2.71. The van der Waals surface area contributed by atoms with Gasteiger partial charge >= 0.3 is 0 Å². The van der Waals surface area contributed by atoms with Gasteiger partial charge in [-0.2, -0.15) is 0 Å². The quantitative estimate of drug-likeness (QED) is 0.795. The molecule has 2 nitrogen and oxygen atoms in total. The van der Waals surface area contributed by atoms with Crippen LogP contribution in [0.3, 0.4) is 0 Å². The molecular formula is C16H16FIO2. The maximum absolute atomic E-state index is 13.1. The SMILES string of the molecule is CC(C)Oc1cccc(C(O)c2ccc(F)cc2I)c1. The van der Waals surface area contributed by atoms with Crippen molar-refractivity contribution in [1.82, 2.24) is 0 Å². The second kappa shape index (κ2) is 6.54. The maximum Gasteiger partial charge on any atom is 0.124 e. The van der Waals surface area contributed by atoms with Gasteiger partial charge in [-0.3, -0.25) is 0 Å². The molecule has 0 bridgehead atoms. The lowest BCUT2D eigenvalue weighted by Crippen LogP contribution is -2.07. The van der Waals surface area contributed by atoms with Crippen molar-refractivity contribution >= 4 is 22.6 Å². The zero-order valence-electron chi connectivity index (χ0n) is 11.3. The van der Waals surface area contributed by atoms with E-state index < -0.39 is 6.10 Å². The number of aliphatic hydroxyl groups is 1. The Bertz CT molecular complexity index is 599. The fraction of sp³-hybridized carbons (Fsp3) is 0.250. The van der Waals surface area contributed by atoms with Crippen LogP contribution in [0.1, 0.15) is 31.1 Å². The number of rotatable bonds is 4. The Morgan fingerprint density at radius 2 is 1.90 bits per heavy atom. The van der Waals surface area contributed by atoms with Crippen LogP contribution in [-0.2, 0) is 0 Å². The van der Waals surface area contributed by atoms with Gasteiger partial charge in [0.2, 0.25) is 0 Å². The van der Waals surface area contributed by atoms with Gasteiger partial charge in [0.1, 0.15) is 17.7 Å². The van der Waals surface area contributed by atoms with E-state index in [4.69, 9.17) is 4.74 Å². The minimum atomic E-state index is -0.793. The third-order valence-corrected chi connectivity index (χ3v) is 3.74. The molecule has 0 aliphatic heterocycles. The van der Waals surface area contributed by atoms with Crippen molar-refractivity contribution in [2.45, 2.75) is 26.1 Å². The van der Waals surface area contributed by atoms with E-state index in [0.29, 0.717) is 14.9 Å². The molecule has 1 N–H and O–H groups in total. The van der Waals surface area contributed by atoms with Crippen molar-refractivity contribution in [2.24, 2.45) is 0 Å². The number of halogens is 2. The Balaban J connectivity index is 2.30. The molecule has 20 heavy (non-hydrogen) atoms. The summed E-state index contributed by atoms with van der Waals surface area (Å²) in [5.74, 6) is 0.413. The monoisotopic (exact) mass is 386 g/mol.